The van der Waals surface area contributed by atoms with Crippen molar-refractivity contribution in [3.8, 4) is 6.19 Å². The predicted molar refractivity (Wildman–Crippen MR) is 43.3 cm³/mol. The van der Waals surface area contributed by atoms with Gasteiger partial charge < -0.3 is 0 Å². The highest BCUT2D eigenvalue weighted by Gasteiger charge is 2.06. The Morgan fingerprint density at radius 3 is 2.58 bits per heavy atom. The van der Waals surface area contributed by atoms with E-state index in [1.165, 1.54) is 6.19 Å². The van der Waals surface area contributed by atoms with Crippen molar-refractivity contribution in [3.05, 3.63) is 28.2 Å². The van der Waals surface area contributed by atoms with Crippen LogP contribution in [0.5, 0.6) is 0 Å². The summed E-state index contributed by atoms with van der Waals surface area (Å²) in [7, 11) is 0. The maximum Gasteiger partial charge on any atom is 0.181 e. The summed E-state index contributed by atoms with van der Waals surface area (Å²) >= 11 is 2.81. The molecule has 12 heavy (non-hydrogen) atoms. The largest absolute Gasteiger partial charge is 0.290 e. The minimum Gasteiger partial charge on any atom is -0.290 e. The summed E-state index contributed by atoms with van der Waals surface area (Å²) in [5.41, 5.74) is -0.168. The Labute approximate surface area is 75.9 Å². The molecule has 0 saturated carbocycles. The first-order chi connectivity index (χ1) is 5.65. The zero-order valence-electron chi connectivity index (χ0n) is 5.74. The number of benzene rings is 1. The average Bonchev–Trinajstić information content (AvgIpc) is 2.01. The van der Waals surface area contributed by atoms with Crippen molar-refractivity contribution in [2.45, 2.75) is 0 Å². The summed E-state index contributed by atoms with van der Waals surface area (Å²) in [4.78, 5) is 0. The van der Waals surface area contributed by atoms with Gasteiger partial charge >= 0.3 is 0 Å². The third kappa shape index (κ3) is 1.71. The number of hydrogen-bond donors (Lipinski definition) is 1. The van der Waals surface area contributed by atoms with Crippen LogP contribution in [0.4, 0.5) is 14.5 Å². The van der Waals surface area contributed by atoms with E-state index >= 15 is 0 Å². The summed E-state index contributed by atoms with van der Waals surface area (Å²) in [5.74, 6) is -1.29. The van der Waals surface area contributed by atoms with Crippen LogP contribution in [-0.4, -0.2) is 0 Å². The summed E-state index contributed by atoms with van der Waals surface area (Å²) < 4.78 is 25.6. The van der Waals surface area contributed by atoms with Crippen molar-refractivity contribution in [3.63, 3.8) is 0 Å². The first-order valence-corrected chi connectivity index (χ1v) is 3.74. The molecule has 2 nitrogen and oxygen atoms in total. The first-order valence-electron chi connectivity index (χ1n) is 2.95. The molecule has 0 aliphatic heterocycles. The molecule has 0 atom stereocenters. The molecule has 0 fully saturated rings. The van der Waals surface area contributed by atoms with Crippen LogP contribution in [-0.2, 0) is 0 Å². The van der Waals surface area contributed by atoms with Crippen LogP contribution in [0.15, 0.2) is 16.6 Å². The van der Waals surface area contributed by atoms with E-state index in [2.05, 4.69) is 15.9 Å². The van der Waals surface area contributed by atoms with Crippen LogP contribution in [0, 0.1) is 23.1 Å². The number of nitrogens with zero attached hydrogens (tertiary/aromatic N) is 1. The van der Waals surface area contributed by atoms with E-state index in [-0.39, 0.29) is 10.2 Å². The molecule has 0 radical (unpaired) electrons. The molecule has 1 N–H and O–H groups in total. The van der Waals surface area contributed by atoms with E-state index in [1.54, 1.807) is 0 Å². The third-order valence-electron chi connectivity index (χ3n) is 1.20. The van der Waals surface area contributed by atoms with Crippen LogP contribution in [0.3, 0.4) is 0 Å². The van der Waals surface area contributed by atoms with Crippen molar-refractivity contribution in [2.75, 3.05) is 5.32 Å². The fourth-order valence-electron chi connectivity index (χ4n) is 0.679. The molecule has 0 amide bonds. The summed E-state index contributed by atoms with van der Waals surface area (Å²) in [6.07, 6.45) is 1.50. The maximum atomic E-state index is 12.8. The van der Waals surface area contributed by atoms with Gasteiger partial charge in [0.15, 0.2) is 6.19 Å². The second-order valence-corrected chi connectivity index (χ2v) is 2.84. The van der Waals surface area contributed by atoms with Crippen molar-refractivity contribution >= 4 is 21.6 Å². The Balaban J connectivity index is 3.16. The number of rotatable bonds is 1. The molecule has 0 unspecified atom stereocenters. The van der Waals surface area contributed by atoms with Gasteiger partial charge in [-0.15, -0.1) is 0 Å². The average molecular weight is 233 g/mol. The Bertz CT molecular complexity index is 346. The van der Waals surface area contributed by atoms with E-state index in [9.17, 15) is 8.78 Å². The standard InChI is InChI=1S/C7H3BrF2N2/c8-4-1-6(10)7(12-3-11)2-5(4)9/h1-2,12H. The minimum atomic E-state index is -0.676. The molecule has 0 aromatic heterocycles. The Morgan fingerprint density at radius 2 is 2.00 bits per heavy atom. The van der Waals surface area contributed by atoms with Crippen molar-refractivity contribution in [1.29, 1.82) is 5.26 Å². The van der Waals surface area contributed by atoms with Gasteiger partial charge in [-0.2, -0.15) is 5.26 Å². The van der Waals surface area contributed by atoms with Gasteiger partial charge in [-0.3, -0.25) is 5.32 Å². The second kappa shape index (κ2) is 3.50. The molecule has 1 aromatic carbocycles. The lowest BCUT2D eigenvalue weighted by atomic mass is 10.3. The number of nitriles is 1. The van der Waals surface area contributed by atoms with Gasteiger partial charge in [0, 0.05) is 6.07 Å². The van der Waals surface area contributed by atoms with Crippen LogP contribution in [0.2, 0.25) is 0 Å². The SMILES string of the molecule is N#CNc1cc(F)c(Br)cc1F. The molecule has 0 spiro atoms. The summed E-state index contributed by atoms with van der Waals surface area (Å²) in [5, 5.41) is 10.2. The van der Waals surface area contributed by atoms with Gasteiger partial charge in [0.1, 0.15) is 11.6 Å². The quantitative estimate of drug-likeness (QED) is 0.459. The normalized spacial score (nSPS) is 9.17. The van der Waals surface area contributed by atoms with Crippen molar-refractivity contribution < 1.29 is 8.78 Å². The van der Waals surface area contributed by atoms with E-state index in [1.807, 2.05) is 5.32 Å². The van der Waals surface area contributed by atoms with Gasteiger partial charge in [0.2, 0.25) is 0 Å². The van der Waals surface area contributed by atoms with E-state index < -0.39 is 11.6 Å². The van der Waals surface area contributed by atoms with Gasteiger partial charge in [-0.25, -0.2) is 8.78 Å². The molecule has 5 heteroatoms. The molecular weight excluding hydrogens is 230 g/mol. The lowest BCUT2D eigenvalue weighted by molar-refractivity contribution is 0.598. The number of nitrogens with one attached hydrogen (secondary N) is 1. The Hall–Kier alpha value is -1.15. The number of anilines is 1. The summed E-state index contributed by atoms with van der Waals surface area (Å²) in [6.45, 7) is 0. The molecular formula is C7H3BrF2N2. The smallest absolute Gasteiger partial charge is 0.181 e. The highest BCUT2D eigenvalue weighted by molar-refractivity contribution is 9.10. The molecule has 1 aromatic rings. The molecule has 0 heterocycles. The molecule has 0 bridgehead atoms. The van der Waals surface area contributed by atoms with Gasteiger partial charge in [-0.1, -0.05) is 0 Å². The molecule has 0 aliphatic carbocycles. The first kappa shape index (κ1) is 8.94. The zero-order valence-corrected chi connectivity index (χ0v) is 7.32. The van der Waals surface area contributed by atoms with Crippen molar-refractivity contribution in [2.24, 2.45) is 0 Å². The fourth-order valence-corrected chi connectivity index (χ4v) is 0.994. The van der Waals surface area contributed by atoms with Crippen LogP contribution < -0.4 is 5.32 Å². The lowest BCUT2D eigenvalue weighted by Crippen LogP contribution is -1.93. The third-order valence-corrected chi connectivity index (χ3v) is 1.81. The Kier molecular flexibility index (Phi) is 2.61. The Morgan fingerprint density at radius 1 is 1.33 bits per heavy atom. The molecule has 0 aliphatic rings. The van der Waals surface area contributed by atoms with Crippen LogP contribution in [0.25, 0.3) is 0 Å². The zero-order chi connectivity index (χ0) is 9.14. The summed E-state index contributed by atoms with van der Waals surface area (Å²) in [6, 6.07) is 1.86. The van der Waals surface area contributed by atoms with Gasteiger partial charge in [0.25, 0.3) is 0 Å². The van der Waals surface area contributed by atoms with Crippen LogP contribution >= 0.6 is 15.9 Å². The number of hydrogen-bond acceptors (Lipinski definition) is 2. The highest BCUT2D eigenvalue weighted by Crippen LogP contribution is 2.22. The molecule has 0 saturated heterocycles. The fraction of sp³-hybridized carbons (Fsp3) is 0. The second-order valence-electron chi connectivity index (χ2n) is 1.98. The molecule has 1 rings (SSSR count). The highest BCUT2D eigenvalue weighted by atomic mass is 79.9. The predicted octanol–water partition coefficient (Wildman–Crippen LogP) is 2.62. The van der Waals surface area contributed by atoms with Gasteiger partial charge in [0.05, 0.1) is 10.2 Å². The van der Waals surface area contributed by atoms with E-state index in [0.717, 1.165) is 12.1 Å². The van der Waals surface area contributed by atoms with E-state index in [4.69, 9.17) is 5.26 Å². The van der Waals surface area contributed by atoms with Crippen molar-refractivity contribution in [1.82, 2.24) is 0 Å². The minimum absolute atomic E-state index is 0.0310. The monoisotopic (exact) mass is 232 g/mol. The topological polar surface area (TPSA) is 35.8 Å². The van der Waals surface area contributed by atoms with E-state index in [0.29, 0.717) is 0 Å². The van der Waals surface area contributed by atoms with Crippen LogP contribution in [0.1, 0.15) is 0 Å². The van der Waals surface area contributed by atoms with Gasteiger partial charge in [-0.05, 0) is 22.0 Å². The molecule has 62 valence electrons. The lowest BCUT2D eigenvalue weighted by Gasteiger charge is -2.00. The number of halogens is 3. The maximum absolute atomic E-state index is 12.8.